The van der Waals surface area contributed by atoms with Crippen LogP contribution in [0.4, 0.5) is 0 Å². The van der Waals surface area contributed by atoms with Crippen molar-refractivity contribution in [3.63, 3.8) is 0 Å². The number of carboxylic acid groups (broad SMARTS) is 1. The summed E-state index contributed by atoms with van der Waals surface area (Å²) in [6.07, 6.45) is 3.72. The lowest BCUT2D eigenvalue weighted by Crippen LogP contribution is -1.95. The molecule has 2 rings (SSSR count). The smallest absolute Gasteiger partial charge is 0.355 e. The van der Waals surface area contributed by atoms with Gasteiger partial charge in [-0.3, -0.25) is 0 Å². The number of benzene rings is 1. The zero-order chi connectivity index (χ0) is 11.4. The third-order valence-electron chi connectivity index (χ3n) is 1.96. The van der Waals surface area contributed by atoms with Crippen molar-refractivity contribution in [2.24, 2.45) is 0 Å². The maximum absolute atomic E-state index is 10.6. The summed E-state index contributed by atoms with van der Waals surface area (Å²) < 4.78 is 0. The molecule has 0 unspecified atom stereocenters. The molecule has 0 amide bonds. The Hall–Kier alpha value is -1.94. The number of aromatic nitrogens is 1. The Morgan fingerprint density at radius 2 is 2.00 bits per heavy atom. The van der Waals surface area contributed by atoms with Gasteiger partial charge in [-0.1, -0.05) is 36.4 Å². The zero-order valence-electron chi connectivity index (χ0n) is 8.33. The summed E-state index contributed by atoms with van der Waals surface area (Å²) in [6, 6.07) is 9.79. The third kappa shape index (κ3) is 2.55. The van der Waals surface area contributed by atoms with Crippen LogP contribution >= 0.6 is 11.3 Å². The Kier molecular flexibility index (Phi) is 3.12. The van der Waals surface area contributed by atoms with Crippen LogP contribution in [-0.2, 0) is 0 Å². The minimum atomic E-state index is -0.990. The van der Waals surface area contributed by atoms with Crippen LogP contribution in [0, 0.1) is 0 Å². The first-order valence-corrected chi connectivity index (χ1v) is 5.55. The van der Waals surface area contributed by atoms with Crippen molar-refractivity contribution in [2.45, 2.75) is 0 Å². The number of hydrogen-bond donors (Lipinski definition) is 1. The molecule has 1 aromatic heterocycles. The highest BCUT2D eigenvalue weighted by atomic mass is 32.1. The van der Waals surface area contributed by atoms with Crippen LogP contribution in [0.5, 0.6) is 0 Å². The Morgan fingerprint density at radius 3 is 2.62 bits per heavy atom. The Balaban J connectivity index is 2.15. The average molecular weight is 231 g/mol. The van der Waals surface area contributed by atoms with E-state index in [-0.39, 0.29) is 5.69 Å². The van der Waals surface area contributed by atoms with E-state index in [1.807, 2.05) is 42.5 Å². The van der Waals surface area contributed by atoms with Crippen LogP contribution in [0.25, 0.3) is 12.2 Å². The van der Waals surface area contributed by atoms with Crippen molar-refractivity contribution >= 4 is 29.5 Å². The van der Waals surface area contributed by atoms with Gasteiger partial charge in [0.15, 0.2) is 5.69 Å². The van der Waals surface area contributed by atoms with E-state index in [1.54, 1.807) is 0 Å². The molecule has 0 atom stereocenters. The van der Waals surface area contributed by atoms with Gasteiger partial charge in [0.25, 0.3) is 0 Å². The minimum absolute atomic E-state index is 0.0951. The molecule has 2 aromatic rings. The first-order valence-electron chi connectivity index (χ1n) is 4.67. The van der Waals surface area contributed by atoms with Gasteiger partial charge in [0, 0.05) is 5.38 Å². The summed E-state index contributed by atoms with van der Waals surface area (Å²) in [5, 5.41) is 10.9. The molecule has 0 aliphatic rings. The fraction of sp³-hybridized carbons (Fsp3) is 0. The van der Waals surface area contributed by atoms with Crippen LogP contribution in [0.1, 0.15) is 21.1 Å². The maximum Gasteiger partial charge on any atom is 0.355 e. The van der Waals surface area contributed by atoms with E-state index in [2.05, 4.69) is 4.98 Å². The molecular weight excluding hydrogens is 222 g/mol. The SMILES string of the molecule is O=C(O)c1csc(/C=C\c2ccccc2)n1. The van der Waals surface area contributed by atoms with Crippen LogP contribution in [-0.4, -0.2) is 16.1 Å². The summed E-state index contributed by atoms with van der Waals surface area (Å²) >= 11 is 1.32. The van der Waals surface area contributed by atoms with Crippen LogP contribution in [0.2, 0.25) is 0 Å². The second-order valence-electron chi connectivity index (χ2n) is 3.12. The van der Waals surface area contributed by atoms with Gasteiger partial charge in [-0.2, -0.15) is 0 Å². The normalized spacial score (nSPS) is 10.8. The Morgan fingerprint density at radius 1 is 1.25 bits per heavy atom. The van der Waals surface area contributed by atoms with Gasteiger partial charge in [0.2, 0.25) is 0 Å². The van der Waals surface area contributed by atoms with Crippen molar-refractivity contribution in [2.75, 3.05) is 0 Å². The molecule has 1 aromatic carbocycles. The highest BCUT2D eigenvalue weighted by Crippen LogP contribution is 2.13. The molecule has 4 heteroatoms. The quantitative estimate of drug-likeness (QED) is 0.883. The van der Waals surface area contributed by atoms with E-state index >= 15 is 0 Å². The number of aromatic carboxylic acids is 1. The lowest BCUT2D eigenvalue weighted by atomic mass is 10.2. The van der Waals surface area contributed by atoms with Gasteiger partial charge in [-0.25, -0.2) is 9.78 Å². The molecule has 0 saturated carbocycles. The fourth-order valence-corrected chi connectivity index (χ4v) is 1.88. The Labute approximate surface area is 96.7 Å². The molecule has 1 heterocycles. The molecule has 0 radical (unpaired) electrons. The van der Waals surface area contributed by atoms with Crippen LogP contribution in [0.3, 0.4) is 0 Å². The van der Waals surface area contributed by atoms with Gasteiger partial charge in [-0.05, 0) is 11.6 Å². The second kappa shape index (κ2) is 4.72. The molecule has 0 aliphatic carbocycles. The van der Waals surface area contributed by atoms with E-state index in [1.165, 1.54) is 16.7 Å². The third-order valence-corrected chi connectivity index (χ3v) is 2.77. The molecule has 80 valence electrons. The van der Waals surface area contributed by atoms with E-state index in [0.717, 1.165) is 5.56 Å². The highest BCUT2D eigenvalue weighted by molar-refractivity contribution is 7.10. The number of rotatable bonds is 3. The van der Waals surface area contributed by atoms with Gasteiger partial charge >= 0.3 is 5.97 Å². The molecule has 0 saturated heterocycles. The molecule has 0 spiro atoms. The summed E-state index contributed by atoms with van der Waals surface area (Å²) in [7, 11) is 0. The molecule has 0 fully saturated rings. The Bertz CT molecular complexity index is 517. The van der Waals surface area contributed by atoms with Crippen LogP contribution < -0.4 is 0 Å². The number of thiazole rings is 1. The molecule has 3 nitrogen and oxygen atoms in total. The van der Waals surface area contributed by atoms with Crippen molar-refractivity contribution in [1.82, 2.24) is 4.98 Å². The van der Waals surface area contributed by atoms with Gasteiger partial charge < -0.3 is 5.11 Å². The van der Waals surface area contributed by atoms with Crippen molar-refractivity contribution < 1.29 is 9.90 Å². The largest absolute Gasteiger partial charge is 0.476 e. The topological polar surface area (TPSA) is 50.2 Å². The van der Waals surface area contributed by atoms with Crippen LogP contribution in [0.15, 0.2) is 35.7 Å². The molecule has 16 heavy (non-hydrogen) atoms. The lowest BCUT2D eigenvalue weighted by Gasteiger charge is -1.89. The van der Waals surface area contributed by atoms with E-state index in [0.29, 0.717) is 5.01 Å². The van der Waals surface area contributed by atoms with E-state index in [4.69, 9.17) is 5.11 Å². The van der Waals surface area contributed by atoms with Gasteiger partial charge in [-0.15, -0.1) is 11.3 Å². The maximum atomic E-state index is 10.6. The van der Waals surface area contributed by atoms with E-state index in [9.17, 15) is 4.79 Å². The average Bonchev–Trinajstić information content (AvgIpc) is 2.76. The van der Waals surface area contributed by atoms with Crippen molar-refractivity contribution in [1.29, 1.82) is 0 Å². The molecule has 0 aliphatic heterocycles. The van der Waals surface area contributed by atoms with Gasteiger partial charge in [0.1, 0.15) is 5.01 Å². The molecular formula is C12H9NO2S. The number of nitrogens with zero attached hydrogens (tertiary/aromatic N) is 1. The zero-order valence-corrected chi connectivity index (χ0v) is 9.15. The number of hydrogen-bond acceptors (Lipinski definition) is 3. The van der Waals surface area contributed by atoms with Crippen molar-refractivity contribution in [3.8, 4) is 0 Å². The first-order chi connectivity index (χ1) is 7.75. The first kappa shape index (κ1) is 10.6. The predicted molar refractivity (Wildman–Crippen MR) is 64.4 cm³/mol. The highest BCUT2D eigenvalue weighted by Gasteiger charge is 2.05. The van der Waals surface area contributed by atoms with Gasteiger partial charge in [0.05, 0.1) is 0 Å². The monoisotopic (exact) mass is 231 g/mol. The summed E-state index contributed by atoms with van der Waals surface area (Å²) in [6.45, 7) is 0. The summed E-state index contributed by atoms with van der Waals surface area (Å²) in [5.41, 5.74) is 1.16. The lowest BCUT2D eigenvalue weighted by molar-refractivity contribution is 0.0691. The fourth-order valence-electron chi connectivity index (χ4n) is 1.19. The number of carboxylic acids is 1. The minimum Gasteiger partial charge on any atom is -0.476 e. The second-order valence-corrected chi connectivity index (χ2v) is 4.01. The van der Waals surface area contributed by atoms with E-state index < -0.39 is 5.97 Å². The number of carbonyl (C=O) groups is 1. The standard InChI is InChI=1S/C12H9NO2S/c14-12(15)10-8-16-11(13-10)7-6-9-4-2-1-3-5-9/h1-8H,(H,14,15)/b7-6-. The summed E-state index contributed by atoms with van der Waals surface area (Å²) in [4.78, 5) is 14.6. The molecule has 0 bridgehead atoms. The summed E-state index contributed by atoms with van der Waals surface area (Å²) in [5.74, 6) is -0.990. The van der Waals surface area contributed by atoms with Crippen molar-refractivity contribution in [3.05, 3.63) is 52.0 Å². The predicted octanol–water partition coefficient (Wildman–Crippen LogP) is 3.01. The molecule has 1 N–H and O–H groups in total.